The lowest BCUT2D eigenvalue weighted by atomic mass is 10.1. The van der Waals surface area contributed by atoms with E-state index in [9.17, 15) is 0 Å². The van der Waals surface area contributed by atoms with E-state index in [-0.39, 0.29) is 18.2 Å². The van der Waals surface area contributed by atoms with Crippen molar-refractivity contribution in [3.63, 3.8) is 0 Å². The molecule has 5 heteroatoms. The zero-order valence-electron chi connectivity index (χ0n) is 6.68. The number of rotatable bonds is 2. The summed E-state index contributed by atoms with van der Waals surface area (Å²) >= 11 is 11.5. The fraction of sp³-hybridized carbons (Fsp3) is 0.125. The Morgan fingerprint density at radius 3 is 2.08 bits per heavy atom. The Bertz CT molecular complexity index is 292. The Kier molecular flexibility index (Phi) is 5.14. The van der Waals surface area contributed by atoms with Gasteiger partial charge in [-0.05, 0) is 23.8 Å². The summed E-state index contributed by atoms with van der Waals surface area (Å²) in [5.41, 5.74) is 6.08. The van der Waals surface area contributed by atoms with Gasteiger partial charge in [0, 0.05) is 16.5 Å². The maximum absolute atomic E-state index is 7.06. The molecular formula is C8H9Cl3N2. The molecule has 0 aliphatic carbocycles. The second-order valence-corrected chi connectivity index (χ2v) is 3.35. The van der Waals surface area contributed by atoms with E-state index in [1.807, 2.05) is 0 Å². The third-order valence-corrected chi connectivity index (χ3v) is 1.75. The third kappa shape index (κ3) is 4.36. The summed E-state index contributed by atoms with van der Waals surface area (Å²) < 4.78 is 0. The minimum atomic E-state index is 0. The maximum atomic E-state index is 7.06. The fourth-order valence-corrected chi connectivity index (χ4v) is 1.50. The molecule has 0 aromatic heterocycles. The lowest BCUT2D eigenvalue weighted by molar-refractivity contribution is 1.25. The van der Waals surface area contributed by atoms with E-state index >= 15 is 0 Å². The summed E-state index contributed by atoms with van der Waals surface area (Å²) in [6.07, 6.45) is 0.389. The maximum Gasteiger partial charge on any atom is 0.0950 e. The van der Waals surface area contributed by atoms with Crippen molar-refractivity contribution in [3.8, 4) is 0 Å². The molecule has 2 nitrogen and oxygen atoms in total. The van der Waals surface area contributed by atoms with Crippen molar-refractivity contribution in [2.24, 2.45) is 5.73 Å². The van der Waals surface area contributed by atoms with Crippen molar-refractivity contribution in [2.75, 3.05) is 0 Å². The van der Waals surface area contributed by atoms with Crippen LogP contribution in [-0.2, 0) is 6.42 Å². The van der Waals surface area contributed by atoms with Crippen molar-refractivity contribution in [3.05, 3.63) is 33.8 Å². The van der Waals surface area contributed by atoms with Crippen LogP contribution in [0.3, 0.4) is 0 Å². The average molecular weight is 240 g/mol. The highest BCUT2D eigenvalue weighted by Crippen LogP contribution is 2.19. The normalized spacial score (nSPS) is 9.08. The third-order valence-electron chi connectivity index (χ3n) is 1.32. The molecule has 0 saturated carbocycles. The van der Waals surface area contributed by atoms with Crippen LogP contribution in [0.2, 0.25) is 10.0 Å². The van der Waals surface area contributed by atoms with E-state index in [0.717, 1.165) is 5.56 Å². The van der Waals surface area contributed by atoms with E-state index in [4.69, 9.17) is 34.3 Å². The molecule has 3 N–H and O–H groups in total. The van der Waals surface area contributed by atoms with Gasteiger partial charge in [-0.1, -0.05) is 23.2 Å². The first-order valence-electron chi connectivity index (χ1n) is 3.36. The van der Waals surface area contributed by atoms with Crippen LogP contribution in [0.15, 0.2) is 18.2 Å². The van der Waals surface area contributed by atoms with Crippen LogP contribution in [0.1, 0.15) is 5.56 Å². The first-order valence-corrected chi connectivity index (χ1v) is 4.11. The Morgan fingerprint density at radius 1 is 1.23 bits per heavy atom. The molecule has 0 unspecified atom stereocenters. The van der Waals surface area contributed by atoms with Crippen LogP contribution in [0.5, 0.6) is 0 Å². The molecule has 0 amide bonds. The molecule has 1 aromatic carbocycles. The molecule has 72 valence electrons. The van der Waals surface area contributed by atoms with Crippen LogP contribution in [0.4, 0.5) is 0 Å². The topological polar surface area (TPSA) is 49.9 Å². The molecule has 1 rings (SSSR count). The second-order valence-electron chi connectivity index (χ2n) is 2.48. The summed E-state index contributed by atoms with van der Waals surface area (Å²) in [6, 6.07) is 5.14. The number of halogens is 3. The highest BCUT2D eigenvalue weighted by atomic mass is 35.5. The lowest BCUT2D eigenvalue weighted by Crippen LogP contribution is -2.12. The average Bonchev–Trinajstić information content (AvgIpc) is 1.81. The highest BCUT2D eigenvalue weighted by molar-refractivity contribution is 6.34. The van der Waals surface area contributed by atoms with Gasteiger partial charge in [-0.3, -0.25) is 5.41 Å². The molecule has 0 aliphatic rings. The van der Waals surface area contributed by atoms with E-state index in [1.54, 1.807) is 18.2 Å². The number of benzene rings is 1. The molecule has 0 radical (unpaired) electrons. The predicted octanol–water partition coefficient (Wildman–Crippen LogP) is 2.89. The molecule has 0 bridgehead atoms. The van der Waals surface area contributed by atoms with Gasteiger partial charge in [0.15, 0.2) is 0 Å². The summed E-state index contributed by atoms with van der Waals surface area (Å²) in [5.74, 6) is 0.105. The lowest BCUT2D eigenvalue weighted by Gasteiger charge is -2.00. The smallest absolute Gasteiger partial charge is 0.0950 e. The molecule has 13 heavy (non-hydrogen) atoms. The number of nitrogens with two attached hydrogens (primary N) is 1. The van der Waals surface area contributed by atoms with E-state index in [0.29, 0.717) is 16.5 Å². The van der Waals surface area contributed by atoms with Crippen LogP contribution < -0.4 is 5.73 Å². The zero-order valence-corrected chi connectivity index (χ0v) is 9.01. The van der Waals surface area contributed by atoms with Gasteiger partial charge in [-0.15, -0.1) is 12.4 Å². The van der Waals surface area contributed by atoms with Crippen LogP contribution in [0.25, 0.3) is 0 Å². The Morgan fingerprint density at radius 2 is 1.69 bits per heavy atom. The largest absolute Gasteiger partial charge is 0.387 e. The first-order chi connectivity index (χ1) is 5.58. The number of amidine groups is 1. The van der Waals surface area contributed by atoms with E-state index < -0.39 is 0 Å². The summed E-state index contributed by atoms with van der Waals surface area (Å²) in [6.45, 7) is 0. The molecule has 0 saturated heterocycles. The molecule has 0 heterocycles. The second kappa shape index (κ2) is 5.32. The minimum absolute atomic E-state index is 0. The molecule has 0 spiro atoms. The Labute approximate surface area is 92.9 Å². The van der Waals surface area contributed by atoms with E-state index in [2.05, 4.69) is 0 Å². The highest BCUT2D eigenvalue weighted by Gasteiger charge is 1.99. The first kappa shape index (κ1) is 12.6. The van der Waals surface area contributed by atoms with Gasteiger partial charge in [-0.2, -0.15) is 0 Å². The number of hydrogen-bond acceptors (Lipinski definition) is 1. The number of hydrogen-bond donors (Lipinski definition) is 2. The van der Waals surface area contributed by atoms with Gasteiger partial charge in [0.25, 0.3) is 0 Å². The Hall–Kier alpha value is -0.440. The van der Waals surface area contributed by atoms with Crippen LogP contribution in [0, 0.1) is 5.41 Å². The fourth-order valence-electron chi connectivity index (χ4n) is 0.933. The SMILES string of the molecule is Cl.N=C(N)Cc1cc(Cl)cc(Cl)c1. The van der Waals surface area contributed by atoms with Gasteiger partial charge in [0.05, 0.1) is 5.84 Å². The van der Waals surface area contributed by atoms with Gasteiger partial charge in [0.2, 0.25) is 0 Å². The van der Waals surface area contributed by atoms with Crippen molar-refractivity contribution in [1.29, 1.82) is 5.41 Å². The van der Waals surface area contributed by atoms with Crippen LogP contribution in [-0.4, -0.2) is 5.84 Å². The monoisotopic (exact) mass is 238 g/mol. The van der Waals surface area contributed by atoms with E-state index in [1.165, 1.54) is 0 Å². The van der Waals surface area contributed by atoms with Gasteiger partial charge < -0.3 is 5.73 Å². The molecular weight excluding hydrogens is 230 g/mol. The summed E-state index contributed by atoms with van der Waals surface area (Å²) in [5, 5.41) is 8.20. The summed E-state index contributed by atoms with van der Waals surface area (Å²) in [4.78, 5) is 0. The molecule has 0 aliphatic heterocycles. The summed E-state index contributed by atoms with van der Waals surface area (Å²) in [7, 11) is 0. The quantitative estimate of drug-likeness (QED) is 0.605. The minimum Gasteiger partial charge on any atom is -0.387 e. The molecule has 0 atom stereocenters. The van der Waals surface area contributed by atoms with Gasteiger partial charge in [-0.25, -0.2) is 0 Å². The Balaban J connectivity index is 0.00000144. The van der Waals surface area contributed by atoms with Crippen molar-refractivity contribution in [1.82, 2.24) is 0 Å². The van der Waals surface area contributed by atoms with Crippen molar-refractivity contribution >= 4 is 41.4 Å². The zero-order chi connectivity index (χ0) is 9.14. The molecule has 1 aromatic rings. The van der Waals surface area contributed by atoms with Crippen molar-refractivity contribution < 1.29 is 0 Å². The standard InChI is InChI=1S/C8H8Cl2N2.ClH/c9-6-1-5(3-8(11)12)2-7(10)4-6;/h1-2,4H,3H2,(H3,11,12);1H. The van der Waals surface area contributed by atoms with Gasteiger partial charge in [0.1, 0.15) is 0 Å². The predicted molar refractivity (Wildman–Crippen MR) is 59.3 cm³/mol. The van der Waals surface area contributed by atoms with Gasteiger partial charge >= 0.3 is 0 Å². The number of nitrogens with one attached hydrogen (secondary N) is 1. The molecule has 0 fully saturated rings. The van der Waals surface area contributed by atoms with Crippen molar-refractivity contribution in [2.45, 2.75) is 6.42 Å². The van der Waals surface area contributed by atoms with Crippen LogP contribution >= 0.6 is 35.6 Å².